The van der Waals surface area contributed by atoms with Gasteiger partial charge in [0.15, 0.2) is 0 Å². The van der Waals surface area contributed by atoms with Crippen LogP contribution in [0.2, 0.25) is 0 Å². The molecule has 2 heteroatoms. The van der Waals surface area contributed by atoms with E-state index in [1.807, 2.05) is 0 Å². The van der Waals surface area contributed by atoms with Gasteiger partial charge in [0, 0.05) is 18.4 Å². The van der Waals surface area contributed by atoms with Crippen LogP contribution in [0.25, 0.3) is 0 Å². The van der Waals surface area contributed by atoms with Gasteiger partial charge in [0.05, 0.1) is 6.10 Å². The fourth-order valence-corrected chi connectivity index (χ4v) is 2.07. The Hall–Kier alpha value is -0.520. The van der Waals surface area contributed by atoms with E-state index in [-0.39, 0.29) is 11.5 Å². The van der Waals surface area contributed by atoms with E-state index in [4.69, 9.17) is 12.2 Å². The molecule has 3 N–H and O–H groups in total. The van der Waals surface area contributed by atoms with Crippen molar-refractivity contribution < 1.29 is 5.11 Å². The summed E-state index contributed by atoms with van der Waals surface area (Å²) in [6.45, 7) is 0.565. The van der Waals surface area contributed by atoms with E-state index in [2.05, 4.69) is 5.92 Å². The van der Waals surface area contributed by atoms with Gasteiger partial charge in [0.1, 0.15) is 0 Å². The Morgan fingerprint density at radius 1 is 1.67 bits per heavy atom. The molecule has 2 unspecified atom stereocenters. The average molecular weight is 167 g/mol. The van der Waals surface area contributed by atoms with Gasteiger partial charge in [-0.25, -0.2) is 0 Å². The first-order valence-electron chi connectivity index (χ1n) is 4.57. The Morgan fingerprint density at radius 3 is 2.83 bits per heavy atom. The van der Waals surface area contributed by atoms with Gasteiger partial charge in [0.25, 0.3) is 0 Å². The third-order valence-electron chi connectivity index (χ3n) is 3.03. The predicted molar refractivity (Wildman–Crippen MR) is 49.4 cm³/mol. The summed E-state index contributed by atoms with van der Waals surface area (Å²) in [5, 5.41) is 9.72. The van der Waals surface area contributed by atoms with E-state index in [1.54, 1.807) is 0 Å². The topological polar surface area (TPSA) is 46.2 Å². The maximum Gasteiger partial charge on any atom is 0.0608 e. The molecule has 68 valence electrons. The van der Waals surface area contributed by atoms with Crippen molar-refractivity contribution in [3.8, 4) is 12.3 Å². The van der Waals surface area contributed by atoms with Crippen LogP contribution in [-0.2, 0) is 0 Å². The highest BCUT2D eigenvalue weighted by atomic mass is 16.3. The molecule has 0 radical (unpaired) electrons. The second-order valence-corrected chi connectivity index (χ2v) is 3.68. The van der Waals surface area contributed by atoms with Gasteiger partial charge in [-0.3, -0.25) is 0 Å². The van der Waals surface area contributed by atoms with E-state index < -0.39 is 0 Å². The summed E-state index contributed by atoms with van der Waals surface area (Å²) < 4.78 is 0. The Balaban J connectivity index is 2.56. The van der Waals surface area contributed by atoms with E-state index in [1.165, 1.54) is 0 Å². The molecule has 2 nitrogen and oxygen atoms in total. The first kappa shape index (κ1) is 9.57. The van der Waals surface area contributed by atoms with Crippen molar-refractivity contribution in [3.05, 3.63) is 0 Å². The zero-order chi connectivity index (χ0) is 9.03. The summed E-state index contributed by atoms with van der Waals surface area (Å²) in [5.41, 5.74) is 5.61. The van der Waals surface area contributed by atoms with Crippen LogP contribution in [0.3, 0.4) is 0 Å². The second kappa shape index (κ2) is 3.93. The summed E-state index contributed by atoms with van der Waals surface area (Å²) in [5.74, 6) is 2.61. The van der Waals surface area contributed by atoms with Crippen LogP contribution in [0.4, 0.5) is 0 Å². The number of aliphatic hydroxyl groups excluding tert-OH is 1. The third-order valence-corrected chi connectivity index (χ3v) is 3.03. The molecule has 0 aromatic rings. The van der Waals surface area contributed by atoms with Crippen molar-refractivity contribution in [2.75, 3.05) is 6.54 Å². The van der Waals surface area contributed by atoms with Crippen LogP contribution in [0.15, 0.2) is 0 Å². The summed E-state index contributed by atoms with van der Waals surface area (Å²) in [7, 11) is 0. The summed E-state index contributed by atoms with van der Waals surface area (Å²) in [6.07, 6.45) is 9.58. The molecule has 0 amide bonds. The predicted octanol–water partition coefficient (Wildman–Crippen LogP) is 0.890. The molecule has 0 spiro atoms. The molecule has 0 aromatic carbocycles. The van der Waals surface area contributed by atoms with Crippen molar-refractivity contribution in [3.63, 3.8) is 0 Å². The summed E-state index contributed by atoms with van der Waals surface area (Å²) in [4.78, 5) is 0. The largest absolute Gasteiger partial charge is 0.393 e. The lowest BCUT2D eigenvalue weighted by molar-refractivity contribution is 0.0532. The highest BCUT2D eigenvalue weighted by molar-refractivity contribution is 4.96. The van der Waals surface area contributed by atoms with E-state index in [0.717, 1.165) is 32.1 Å². The molecule has 0 bridgehead atoms. The van der Waals surface area contributed by atoms with Crippen LogP contribution in [0.1, 0.15) is 32.1 Å². The van der Waals surface area contributed by atoms with Crippen molar-refractivity contribution in [2.24, 2.45) is 11.1 Å². The molecule has 1 aliphatic rings. The number of aliphatic hydroxyl groups is 1. The Labute approximate surface area is 74.2 Å². The number of nitrogens with two attached hydrogens (primary N) is 1. The maximum atomic E-state index is 9.72. The van der Waals surface area contributed by atoms with Gasteiger partial charge < -0.3 is 10.8 Å². The minimum absolute atomic E-state index is 0.0631. The van der Waals surface area contributed by atoms with Crippen molar-refractivity contribution in [1.29, 1.82) is 0 Å². The molecule has 0 heterocycles. The standard InChI is InChI=1S/C10H17NO/c1-2-3-6-10(8-11)7-4-5-9(10)12/h1,9,12H,3-8,11H2. The Bertz CT molecular complexity index is 185. The van der Waals surface area contributed by atoms with Crippen molar-refractivity contribution >= 4 is 0 Å². The van der Waals surface area contributed by atoms with Gasteiger partial charge >= 0.3 is 0 Å². The Kier molecular flexibility index (Phi) is 3.13. The Morgan fingerprint density at radius 2 is 2.42 bits per heavy atom. The number of terminal acetylenes is 1. The van der Waals surface area contributed by atoms with Crippen LogP contribution in [0, 0.1) is 17.8 Å². The smallest absolute Gasteiger partial charge is 0.0608 e. The molecule has 2 atom stereocenters. The van der Waals surface area contributed by atoms with Gasteiger partial charge in [0.2, 0.25) is 0 Å². The number of hydrogen-bond acceptors (Lipinski definition) is 2. The summed E-state index contributed by atoms with van der Waals surface area (Å²) in [6, 6.07) is 0. The molecule has 12 heavy (non-hydrogen) atoms. The normalized spacial score (nSPS) is 34.9. The average Bonchev–Trinajstić information content (AvgIpc) is 2.45. The van der Waals surface area contributed by atoms with Crippen LogP contribution in [-0.4, -0.2) is 17.8 Å². The molecule has 1 aliphatic carbocycles. The van der Waals surface area contributed by atoms with Gasteiger partial charge in [-0.15, -0.1) is 12.3 Å². The molecule has 0 saturated heterocycles. The maximum absolute atomic E-state index is 9.72. The SMILES string of the molecule is C#CCCC1(CN)CCCC1O. The van der Waals surface area contributed by atoms with Gasteiger partial charge in [-0.05, 0) is 19.3 Å². The minimum atomic E-state index is -0.226. The summed E-state index contributed by atoms with van der Waals surface area (Å²) >= 11 is 0. The van der Waals surface area contributed by atoms with E-state index in [0.29, 0.717) is 6.54 Å². The first-order valence-corrected chi connectivity index (χ1v) is 4.57. The highest BCUT2D eigenvalue weighted by Gasteiger charge is 2.39. The van der Waals surface area contributed by atoms with E-state index >= 15 is 0 Å². The third kappa shape index (κ3) is 1.63. The first-order chi connectivity index (χ1) is 5.75. The highest BCUT2D eigenvalue weighted by Crippen LogP contribution is 2.41. The molecule has 1 fully saturated rings. The zero-order valence-electron chi connectivity index (χ0n) is 7.42. The molecular weight excluding hydrogens is 150 g/mol. The van der Waals surface area contributed by atoms with Crippen molar-refractivity contribution in [2.45, 2.75) is 38.2 Å². The minimum Gasteiger partial charge on any atom is -0.393 e. The number of rotatable bonds is 3. The molecule has 1 rings (SSSR count). The fourth-order valence-electron chi connectivity index (χ4n) is 2.07. The lowest BCUT2D eigenvalue weighted by Crippen LogP contribution is -2.37. The van der Waals surface area contributed by atoms with Crippen LogP contribution >= 0.6 is 0 Å². The molecule has 1 saturated carbocycles. The van der Waals surface area contributed by atoms with Crippen molar-refractivity contribution in [1.82, 2.24) is 0 Å². The fraction of sp³-hybridized carbons (Fsp3) is 0.800. The monoisotopic (exact) mass is 167 g/mol. The molecule has 0 aromatic heterocycles. The van der Waals surface area contributed by atoms with Crippen LogP contribution < -0.4 is 5.73 Å². The number of hydrogen-bond donors (Lipinski definition) is 2. The lowest BCUT2D eigenvalue weighted by atomic mass is 9.80. The molecule has 0 aliphatic heterocycles. The zero-order valence-corrected chi connectivity index (χ0v) is 7.42. The van der Waals surface area contributed by atoms with Gasteiger partial charge in [-0.2, -0.15) is 0 Å². The van der Waals surface area contributed by atoms with Crippen LogP contribution in [0.5, 0.6) is 0 Å². The van der Waals surface area contributed by atoms with E-state index in [9.17, 15) is 5.11 Å². The molecular formula is C10H17NO. The quantitative estimate of drug-likeness (QED) is 0.613. The lowest BCUT2D eigenvalue weighted by Gasteiger charge is -2.30. The van der Waals surface area contributed by atoms with Gasteiger partial charge in [-0.1, -0.05) is 6.42 Å². The second-order valence-electron chi connectivity index (χ2n) is 3.68.